The van der Waals surface area contributed by atoms with E-state index in [4.69, 9.17) is 4.99 Å². The lowest BCUT2D eigenvalue weighted by Crippen LogP contribution is -2.50. The fourth-order valence-electron chi connectivity index (χ4n) is 3.96. The summed E-state index contributed by atoms with van der Waals surface area (Å²) in [7, 11) is 0. The van der Waals surface area contributed by atoms with Crippen LogP contribution in [0.2, 0.25) is 0 Å². The van der Waals surface area contributed by atoms with Gasteiger partial charge in [-0.1, -0.05) is 26.0 Å². The molecule has 1 aliphatic rings. The van der Waals surface area contributed by atoms with Crippen LogP contribution in [0.25, 0.3) is 0 Å². The first-order valence-corrected chi connectivity index (χ1v) is 11.0. The van der Waals surface area contributed by atoms with Crippen molar-refractivity contribution in [2.75, 3.05) is 19.6 Å². The summed E-state index contributed by atoms with van der Waals surface area (Å²) in [5, 5.41) is 16.8. The van der Waals surface area contributed by atoms with Gasteiger partial charge >= 0.3 is 0 Å². The molecule has 0 aromatic heterocycles. The molecule has 1 aromatic rings. The molecule has 3 N–H and O–H groups in total. The second-order valence-corrected chi connectivity index (χ2v) is 8.03. The number of aromatic hydroxyl groups is 1. The van der Waals surface area contributed by atoms with Gasteiger partial charge in [-0.15, -0.1) is 0 Å². The molecule has 1 amide bonds. The van der Waals surface area contributed by atoms with Gasteiger partial charge in [0.25, 0.3) is 0 Å². The number of rotatable bonds is 7. The molecule has 0 unspecified atom stereocenters. The molecule has 6 heteroatoms. The summed E-state index contributed by atoms with van der Waals surface area (Å²) in [4.78, 5) is 19.3. The maximum Gasteiger partial charge on any atom is 0.225 e. The van der Waals surface area contributed by atoms with Crippen molar-refractivity contribution >= 4 is 11.9 Å². The highest BCUT2D eigenvalue weighted by atomic mass is 16.3. The number of phenols is 1. The number of guanidine groups is 1. The fraction of sp³-hybridized carbons (Fsp3) is 0.652. The van der Waals surface area contributed by atoms with Crippen LogP contribution in [-0.2, 0) is 11.3 Å². The summed E-state index contributed by atoms with van der Waals surface area (Å²) in [6, 6.07) is 4.29. The van der Waals surface area contributed by atoms with Crippen molar-refractivity contribution < 1.29 is 9.90 Å². The van der Waals surface area contributed by atoms with E-state index in [9.17, 15) is 9.90 Å². The Labute approximate surface area is 175 Å². The normalized spacial score (nSPS) is 15.7. The van der Waals surface area contributed by atoms with Crippen LogP contribution in [0, 0.1) is 19.8 Å². The molecule has 29 heavy (non-hydrogen) atoms. The van der Waals surface area contributed by atoms with E-state index in [-0.39, 0.29) is 5.92 Å². The topological polar surface area (TPSA) is 77.0 Å². The Hall–Kier alpha value is -2.24. The number of hydrogen-bond donors (Lipinski definition) is 3. The zero-order valence-corrected chi connectivity index (χ0v) is 18.7. The minimum Gasteiger partial charge on any atom is -0.507 e. The summed E-state index contributed by atoms with van der Waals surface area (Å²) in [5.74, 6) is 1.64. The maximum absolute atomic E-state index is 12.6. The Morgan fingerprint density at radius 3 is 2.28 bits per heavy atom. The molecule has 0 aliphatic carbocycles. The zero-order chi connectivity index (χ0) is 21.4. The molecule has 0 saturated carbocycles. The Morgan fingerprint density at radius 2 is 1.76 bits per heavy atom. The second-order valence-electron chi connectivity index (χ2n) is 8.03. The van der Waals surface area contributed by atoms with Crippen LogP contribution in [-0.4, -0.2) is 47.5 Å². The van der Waals surface area contributed by atoms with E-state index in [1.54, 1.807) is 0 Å². The summed E-state index contributed by atoms with van der Waals surface area (Å²) >= 11 is 0. The van der Waals surface area contributed by atoms with E-state index in [0.717, 1.165) is 68.0 Å². The highest BCUT2D eigenvalue weighted by Gasteiger charge is 2.26. The average molecular weight is 403 g/mol. The van der Waals surface area contributed by atoms with Gasteiger partial charge in [0, 0.05) is 31.6 Å². The number of likely N-dealkylation sites (tertiary alicyclic amines) is 1. The predicted molar refractivity (Wildman–Crippen MR) is 119 cm³/mol. The van der Waals surface area contributed by atoms with Crippen LogP contribution in [0.1, 0.15) is 63.1 Å². The highest BCUT2D eigenvalue weighted by molar-refractivity contribution is 5.80. The van der Waals surface area contributed by atoms with Gasteiger partial charge in [0.1, 0.15) is 5.75 Å². The largest absolute Gasteiger partial charge is 0.507 e. The number of benzene rings is 1. The van der Waals surface area contributed by atoms with Gasteiger partial charge in [0.05, 0.1) is 6.54 Å². The average Bonchev–Trinajstić information content (AvgIpc) is 2.71. The molecular formula is C23H38N4O2. The number of piperidine rings is 1. The first-order valence-electron chi connectivity index (χ1n) is 11.0. The van der Waals surface area contributed by atoms with Crippen LogP contribution in [0.15, 0.2) is 17.1 Å². The molecule has 0 atom stereocenters. The molecule has 1 aliphatic heterocycles. The Balaban J connectivity index is 1.94. The van der Waals surface area contributed by atoms with E-state index < -0.39 is 0 Å². The molecule has 0 radical (unpaired) electrons. The first kappa shape index (κ1) is 23.0. The Kier molecular flexibility index (Phi) is 8.80. The second kappa shape index (κ2) is 11.1. The molecule has 1 fully saturated rings. The Morgan fingerprint density at radius 1 is 1.17 bits per heavy atom. The van der Waals surface area contributed by atoms with Crippen LogP contribution in [0.5, 0.6) is 5.75 Å². The van der Waals surface area contributed by atoms with Gasteiger partial charge < -0.3 is 20.6 Å². The van der Waals surface area contributed by atoms with Crippen LogP contribution in [0.3, 0.4) is 0 Å². The number of aryl methyl sites for hydroxylation is 2. The maximum atomic E-state index is 12.6. The lowest BCUT2D eigenvalue weighted by atomic mass is 9.98. The van der Waals surface area contributed by atoms with Gasteiger partial charge in [-0.05, 0) is 63.1 Å². The number of nitrogens with one attached hydrogen (secondary N) is 2. The van der Waals surface area contributed by atoms with Crippen LogP contribution in [0.4, 0.5) is 0 Å². The molecule has 1 saturated heterocycles. The highest BCUT2D eigenvalue weighted by Crippen LogP contribution is 2.23. The van der Waals surface area contributed by atoms with E-state index >= 15 is 0 Å². The molecule has 1 heterocycles. The summed E-state index contributed by atoms with van der Waals surface area (Å²) in [6.45, 7) is 13.0. The molecule has 2 rings (SSSR count). The van der Waals surface area contributed by atoms with Crippen molar-refractivity contribution in [2.24, 2.45) is 10.9 Å². The SMILES string of the molecule is CCNC(=NCc1cc(C)c(O)c(C)c1)NC1CCN(C(=O)C(CC)CC)CC1. The summed E-state index contributed by atoms with van der Waals surface area (Å²) < 4.78 is 0. The summed E-state index contributed by atoms with van der Waals surface area (Å²) in [5.41, 5.74) is 2.84. The monoisotopic (exact) mass is 402 g/mol. The third-order valence-corrected chi connectivity index (χ3v) is 5.80. The van der Waals surface area contributed by atoms with Crippen molar-refractivity contribution in [1.82, 2.24) is 15.5 Å². The van der Waals surface area contributed by atoms with Crippen molar-refractivity contribution in [1.29, 1.82) is 0 Å². The van der Waals surface area contributed by atoms with Gasteiger partial charge in [-0.25, -0.2) is 4.99 Å². The van der Waals surface area contributed by atoms with Crippen LogP contribution < -0.4 is 10.6 Å². The molecule has 1 aromatic carbocycles. The number of nitrogens with zero attached hydrogens (tertiary/aromatic N) is 2. The third-order valence-electron chi connectivity index (χ3n) is 5.80. The lowest BCUT2D eigenvalue weighted by molar-refractivity contribution is -0.136. The minimum absolute atomic E-state index is 0.163. The van der Waals surface area contributed by atoms with Gasteiger partial charge in [-0.3, -0.25) is 4.79 Å². The lowest BCUT2D eigenvalue weighted by Gasteiger charge is -2.34. The van der Waals surface area contributed by atoms with Gasteiger partial charge in [0.2, 0.25) is 5.91 Å². The number of amides is 1. The molecular weight excluding hydrogens is 364 g/mol. The number of phenolic OH excluding ortho intramolecular Hbond substituents is 1. The number of aliphatic imine (C=N–C) groups is 1. The predicted octanol–water partition coefficient (Wildman–Crippen LogP) is 3.49. The van der Waals surface area contributed by atoms with E-state index in [2.05, 4.69) is 31.4 Å². The number of hydrogen-bond acceptors (Lipinski definition) is 3. The fourth-order valence-corrected chi connectivity index (χ4v) is 3.96. The van der Waals surface area contributed by atoms with Crippen molar-refractivity contribution in [3.05, 3.63) is 28.8 Å². The minimum atomic E-state index is 0.163. The quantitative estimate of drug-likeness (QED) is 0.482. The smallest absolute Gasteiger partial charge is 0.225 e. The first-order chi connectivity index (χ1) is 13.9. The standard InChI is InChI=1S/C23H38N4O2/c1-6-19(7-2)22(29)27-11-9-20(10-12-27)26-23(24-8-3)25-15-18-13-16(4)21(28)17(5)14-18/h13-14,19-20,28H,6-12,15H2,1-5H3,(H2,24,25,26). The van der Waals surface area contributed by atoms with Crippen LogP contribution >= 0.6 is 0 Å². The molecule has 162 valence electrons. The molecule has 0 bridgehead atoms. The van der Waals surface area contributed by atoms with Crippen molar-refractivity contribution in [2.45, 2.75) is 72.9 Å². The van der Waals surface area contributed by atoms with Gasteiger partial charge in [0.15, 0.2) is 5.96 Å². The van der Waals surface area contributed by atoms with E-state index in [1.807, 2.05) is 30.9 Å². The van der Waals surface area contributed by atoms with E-state index in [1.165, 1.54) is 0 Å². The summed E-state index contributed by atoms with van der Waals surface area (Å²) in [6.07, 6.45) is 3.71. The molecule has 0 spiro atoms. The number of carbonyl (C=O) groups is 1. The van der Waals surface area contributed by atoms with Crippen molar-refractivity contribution in [3.63, 3.8) is 0 Å². The van der Waals surface area contributed by atoms with E-state index in [0.29, 0.717) is 24.2 Å². The van der Waals surface area contributed by atoms with Gasteiger partial charge in [-0.2, -0.15) is 0 Å². The number of carbonyl (C=O) groups excluding carboxylic acids is 1. The third kappa shape index (κ3) is 6.38. The molecule has 6 nitrogen and oxygen atoms in total. The zero-order valence-electron chi connectivity index (χ0n) is 18.7. The van der Waals surface area contributed by atoms with Crippen molar-refractivity contribution in [3.8, 4) is 5.75 Å². The Bertz CT molecular complexity index is 682.